The van der Waals surface area contributed by atoms with Gasteiger partial charge in [0, 0.05) is 6.42 Å². The first kappa shape index (κ1) is 25.1. The third kappa shape index (κ3) is 5.94. The van der Waals surface area contributed by atoms with E-state index < -0.39 is 5.60 Å². The summed E-state index contributed by atoms with van der Waals surface area (Å²) in [6.07, 6.45) is 1.94. The highest BCUT2D eigenvalue weighted by molar-refractivity contribution is 5.92. The smallest absolute Gasteiger partial charge is 0.349 e. The van der Waals surface area contributed by atoms with E-state index in [1.54, 1.807) is 40.2 Å². The third-order valence-electron chi connectivity index (χ3n) is 6.67. The van der Waals surface area contributed by atoms with Crippen molar-refractivity contribution >= 4 is 5.91 Å². The molecule has 2 rings (SSSR count). The Bertz CT molecular complexity index is 910. The Morgan fingerprint density at radius 1 is 0.935 bits per heavy atom. The molecule has 0 aromatic heterocycles. The number of carbonyl (C=O) groups excluding carboxylic acids is 1. The molecule has 0 spiro atoms. The molecule has 0 aliphatic heterocycles. The quantitative estimate of drug-likeness (QED) is 0.626. The molecule has 2 aromatic carbocycles. The van der Waals surface area contributed by atoms with Crippen LogP contribution in [-0.2, 0) is 12.0 Å². The second-order valence-electron chi connectivity index (χ2n) is 11.0. The topological polar surface area (TPSA) is 57.5 Å². The number of nitrogens with zero attached hydrogens (tertiary/aromatic N) is 2. The molecular formula is C26H40N2O3+2. The third-order valence-corrected chi connectivity index (χ3v) is 6.67. The summed E-state index contributed by atoms with van der Waals surface area (Å²) in [7, 11) is 9.57. The summed E-state index contributed by atoms with van der Waals surface area (Å²) in [5, 5.41) is 21.7. The fourth-order valence-electron chi connectivity index (χ4n) is 3.88. The zero-order valence-corrected chi connectivity index (χ0v) is 20.4. The molecule has 5 nitrogen and oxygen atoms in total. The molecule has 0 radical (unpaired) electrons. The molecule has 170 valence electrons. The van der Waals surface area contributed by atoms with Crippen LogP contribution in [0.25, 0.3) is 0 Å². The number of rotatable bonds is 8. The van der Waals surface area contributed by atoms with Gasteiger partial charge in [-0.3, -0.25) is 4.48 Å². The van der Waals surface area contributed by atoms with Gasteiger partial charge < -0.3 is 14.7 Å². The minimum Gasteiger partial charge on any atom is -0.507 e. The number of aromatic hydroxyl groups is 1. The highest BCUT2D eigenvalue weighted by Crippen LogP contribution is 2.34. The van der Waals surface area contributed by atoms with E-state index in [9.17, 15) is 15.0 Å². The van der Waals surface area contributed by atoms with Crippen molar-refractivity contribution in [2.75, 3.05) is 41.8 Å². The molecule has 2 aromatic rings. The molecule has 1 amide bonds. The Balaban J connectivity index is 2.26. The Morgan fingerprint density at radius 3 is 2.06 bits per heavy atom. The van der Waals surface area contributed by atoms with Gasteiger partial charge in [0.05, 0.1) is 40.8 Å². The van der Waals surface area contributed by atoms with Gasteiger partial charge in [0.15, 0.2) is 0 Å². The molecule has 1 atom stereocenters. The van der Waals surface area contributed by atoms with E-state index in [2.05, 4.69) is 52.2 Å². The molecular weight excluding hydrogens is 388 g/mol. The van der Waals surface area contributed by atoms with E-state index in [-0.39, 0.29) is 27.2 Å². The van der Waals surface area contributed by atoms with Crippen LogP contribution in [0.3, 0.4) is 0 Å². The number of benzene rings is 2. The molecule has 0 bridgehead atoms. The van der Waals surface area contributed by atoms with E-state index in [0.29, 0.717) is 16.6 Å². The normalized spacial score (nSPS) is 14.9. The van der Waals surface area contributed by atoms with Gasteiger partial charge in [0.2, 0.25) is 0 Å². The molecule has 31 heavy (non-hydrogen) atoms. The number of phenolic OH excluding ortho intramolecular Hbond substituents is 1. The number of quaternary nitrogens is 2. The van der Waals surface area contributed by atoms with Gasteiger partial charge >= 0.3 is 5.91 Å². The number of hydrogen-bond acceptors (Lipinski definition) is 3. The Morgan fingerprint density at radius 2 is 1.52 bits per heavy atom. The van der Waals surface area contributed by atoms with Crippen molar-refractivity contribution in [1.82, 2.24) is 0 Å². The maximum atomic E-state index is 12.8. The predicted molar refractivity (Wildman–Crippen MR) is 126 cm³/mol. The lowest BCUT2D eigenvalue weighted by atomic mass is 9.87. The highest BCUT2D eigenvalue weighted by Gasteiger charge is 2.42. The first-order valence-corrected chi connectivity index (χ1v) is 10.9. The molecule has 0 heterocycles. The minimum absolute atomic E-state index is 0.0606. The van der Waals surface area contributed by atoms with Gasteiger partial charge in [0.1, 0.15) is 23.5 Å². The van der Waals surface area contributed by atoms with Crippen LogP contribution in [0, 0.1) is 0 Å². The van der Waals surface area contributed by atoms with Gasteiger partial charge in [-0.2, -0.15) is 0 Å². The van der Waals surface area contributed by atoms with Crippen molar-refractivity contribution in [3.63, 3.8) is 0 Å². The monoisotopic (exact) mass is 428 g/mol. The fourth-order valence-corrected chi connectivity index (χ4v) is 3.88. The predicted octanol–water partition coefficient (Wildman–Crippen LogP) is 3.93. The fraction of sp³-hybridized carbons (Fsp3) is 0.500. The number of aliphatic hydroxyl groups is 1. The summed E-state index contributed by atoms with van der Waals surface area (Å²) >= 11 is 0. The number of aryl methyl sites for hydroxylation is 1. The van der Waals surface area contributed by atoms with Gasteiger partial charge in [-0.15, -0.1) is 0 Å². The van der Waals surface area contributed by atoms with Crippen LogP contribution in [0.1, 0.15) is 48.7 Å². The average Bonchev–Trinajstić information content (AvgIpc) is 2.65. The number of likely N-dealkylation sites (N-methyl/N-ethyl adjacent to an activating group) is 1. The number of phenols is 1. The van der Waals surface area contributed by atoms with Crippen LogP contribution in [0.4, 0.5) is 0 Å². The first-order valence-electron chi connectivity index (χ1n) is 10.9. The molecule has 0 saturated heterocycles. The maximum absolute atomic E-state index is 12.8. The van der Waals surface area contributed by atoms with Gasteiger partial charge in [-0.05, 0) is 50.5 Å². The molecule has 0 fully saturated rings. The average molecular weight is 429 g/mol. The molecule has 0 saturated carbocycles. The zero-order chi connectivity index (χ0) is 23.7. The number of carbonyl (C=O) groups is 1. The standard InChI is InChI=1S/C26H39N2O3/c1-25(2,17-16-20-12-10-9-11-13-20)28(7,8)19-26(3,31)21-14-15-23(29)22(18-21)24(30)27(4,5)6/h9-15,18,31H,16-17,19H2,1-8H3/q+1/p+1. The molecule has 0 aliphatic rings. The van der Waals surface area contributed by atoms with E-state index in [4.69, 9.17) is 0 Å². The summed E-state index contributed by atoms with van der Waals surface area (Å²) < 4.78 is 0.666. The van der Waals surface area contributed by atoms with E-state index in [1.807, 2.05) is 6.07 Å². The van der Waals surface area contributed by atoms with Gasteiger partial charge in [-0.25, -0.2) is 4.79 Å². The SMILES string of the molecule is CC(O)(C[N+](C)(C)C(C)(C)CCc1ccccc1)c1ccc(O)c(C(=O)[N+](C)(C)C)c1. The minimum atomic E-state index is -1.17. The number of hydrogen-bond donors (Lipinski definition) is 2. The largest absolute Gasteiger partial charge is 0.507 e. The van der Waals surface area contributed by atoms with Gasteiger partial charge in [-0.1, -0.05) is 36.4 Å². The van der Waals surface area contributed by atoms with Crippen LogP contribution in [-0.4, -0.2) is 72.4 Å². The van der Waals surface area contributed by atoms with Crippen molar-refractivity contribution in [2.24, 2.45) is 0 Å². The van der Waals surface area contributed by atoms with Crippen molar-refractivity contribution < 1.29 is 24.0 Å². The Kier molecular flexibility index (Phi) is 7.06. The summed E-state index contributed by atoms with van der Waals surface area (Å²) in [5.74, 6) is -0.262. The maximum Gasteiger partial charge on any atom is 0.349 e. The number of amides is 1. The zero-order valence-electron chi connectivity index (χ0n) is 20.4. The Hall–Kier alpha value is -2.21. The van der Waals surface area contributed by atoms with Crippen molar-refractivity contribution in [1.29, 1.82) is 0 Å². The summed E-state index contributed by atoms with van der Waals surface area (Å²) in [6.45, 7) is 6.72. The second kappa shape index (κ2) is 8.73. The van der Waals surface area contributed by atoms with Crippen LogP contribution < -0.4 is 0 Å². The van der Waals surface area contributed by atoms with Crippen molar-refractivity contribution in [3.8, 4) is 5.75 Å². The van der Waals surface area contributed by atoms with Gasteiger partial charge in [0.25, 0.3) is 0 Å². The summed E-state index contributed by atoms with van der Waals surface area (Å²) in [5.41, 5.74) is 0.925. The summed E-state index contributed by atoms with van der Waals surface area (Å²) in [4.78, 5) is 12.8. The van der Waals surface area contributed by atoms with E-state index in [1.165, 1.54) is 11.6 Å². The highest BCUT2D eigenvalue weighted by atomic mass is 16.3. The lowest BCUT2D eigenvalue weighted by Gasteiger charge is -2.48. The molecule has 0 aliphatic carbocycles. The van der Waals surface area contributed by atoms with Crippen molar-refractivity contribution in [3.05, 3.63) is 65.2 Å². The lowest BCUT2D eigenvalue weighted by molar-refractivity contribution is -0.944. The van der Waals surface area contributed by atoms with Crippen LogP contribution in [0.15, 0.2) is 48.5 Å². The lowest BCUT2D eigenvalue weighted by Crippen LogP contribution is -2.60. The van der Waals surface area contributed by atoms with Crippen LogP contribution in [0.5, 0.6) is 5.75 Å². The first-order chi connectivity index (χ1) is 14.1. The molecule has 1 unspecified atom stereocenters. The second-order valence-corrected chi connectivity index (χ2v) is 11.0. The van der Waals surface area contributed by atoms with Crippen LogP contribution >= 0.6 is 0 Å². The van der Waals surface area contributed by atoms with Crippen LogP contribution in [0.2, 0.25) is 0 Å². The molecule has 5 heteroatoms. The molecule has 2 N–H and O–H groups in total. The summed E-state index contributed by atoms with van der Waals surface area (Å²) in [6, 6.07) is 15.3. The van der Waals surface area contributed by atoms with Crippen molar-refractivity contribution in [2.45, 2.75) is 44.8 Å². The van der Waals surface area contributed by atoms with E-state index in [0.717, 1.165) is 12.8 Å². The Labute approximate surface area is 187 Å². The van der Waals surface area contributed by atoms with E-state index >= 15 is 0 Å².